The smallest absolute Gasteiger partial charge is 0.0946 e. The van der Waals surface area contributed by atoms with Gasteiger partial charge in [-0.2, -0.15) is 0 Å². The van der Waals surface area contributed by atoms with Gasteiger partial charge in [0.05, 0.1) is 24.0 Å². The first kappa shape index (κ1) is 8.04. The van der Waals surface area contributed by atoms with Gasteiger partial charge in [-0.3, -0.25) is 0 Å². The predicted octanol–water partition coefficient (Wildman–Crippen LogP) is 0.744. The van der Waals surface area contributed by atoms with E-state index in [9.17, 15) is 0 Å². The van der Waals surface area contributed by atoms with E-state index in [1.165, 1.54) is 0 Å². The summed E-state index contributed by atoms with van der Waals surface area (Å²) in [6.07, 6.45) is 8.43. The highest BCUT2D eigenvalue weighted by Crippen LogP contribution is 2.03. The maximum Gasteiger partial charge on any atom is 0.0946 e. The lowest BCUT2D eigenvalue weighted by Gasteiger charge is -1.90. The van der Waals surface area contributed by atoms with E-state index >= 15 is 0 Å². The Labute approximate surface area is 76.9 Å². The number of hydrogen-bond acceptors (Lipinski definition) is 2. The summed E-state index contributed by atoms with van der Waals surface area (Å²) in [5.41, 5.74) is 2.11. The van der Waals surface area contributed by atoms with Gasteiger partial charge in [-0.25, -0.2) is 9.97 Å². The summed E-state index contributed by atoms with van der Waals surface area (Å²) in [6.45, 7) is 0. The zero-order chi connectivity index (χ0) is 9.26. The van der Waals surface area contributed by atoms with Crippen LogP contribution in [0, 0.1) is 0 Å². The largest absolute Gasteiger partial charge is 0.340 e. The van der Waals surface area contributed by atoms with Gasteiger partial charge < -0.3 is 9.13 Å². The molecule has 0 saturated carbocycles. The van der Waals surface area contributed by atoms with E-state index in [1.807, 2.05) is 35.6 Å². The minimum Gasteiger partial charge on any atom is -0.340 e. The summed E-state index contributed by atoms with van der Waals surface area (Å²) in [5.74, 6) is 0. The molecule has 0 unspecified atom stereocenters. The number of nitrogens with zero attached hydrogens (tertiary/aromatic N) is 4. The topological polar surface area (TPSA) is 35.6 Å². The van der Waals surface area contributed by atoms with Crippen LogP contribution in [-0.2, 0) is 20.5 Å². The van der Waals surface area contributed by atoms with Gasteiger partial charge in [-0.05, 0) is 0 Å². The van der Waals surface area contributed by atoms with Crippen LogP contribution in [-0.4, -0.2) is 19.1 Å². The molecule has 0 spiro atoms. The number of aromatic nitrogens is 4. The van der Waals surface area contributed by atoms with E-state index in [0.717, 1.165) is 17.8 Å². The van der Waals surface area contributed by atoms with Gasteiger partial charge in [0.1, 0.15) is 0 Å². The predicted molar refractivity (Wildman–Crippen MR) is 49.2 cm³/mol. The lowest BCUT2D eigenvalue weighted by molar-refractivity contribution is 0.910. The van der Waals surface area contributed by atoms with E-state index in [2.05, 4.69) is 9.97 Å². The molecule has 4 heteroatoms. The van der Waals surface area contributed by atoms with Crippen molar-refractivity contribution >= 4 is 0 Å². The minimum absolute atomic E-state index is 0.807. The Balaban J connectivity index is 2.14. The van der Waals surface area contributed by atoms with E-state index in [-0.39, 0.29) is 0 Å². The van der Waals surface area contributed by atoms with Crippen LogP contribution >= 0.6 is 0 Å². The van der Waals surface area contributed by atoms with E-state index in [1.54, 1.807) is 12.7 Å². The van der Waals surface area contributed by atoms with Gasteiger partial charge in [-0.1, -0.05) is 0 Å². The molecule has 0 aliphatic rings. The number of imidazole rings is 2. The van der Waals surface area contributed by atoms with Crippen molar-refractivity contribution in [2.75, 3.05) is 0 Å². The van der Waals surface area contributed by atoms with Crippen LogP contribution in [0.25, 0.3) is 0 Å². The Hall–Kier alpha value is -1.58. The number of aryl methyl sites for hydroxylation is 2. The number of rotatable bonds is 2. The fraction of sp³-hybridized carbons (Fsp3) is 0.333. The Kier molecular flexibility index (Phi) is 1.88. The van der Waals surface area contributed by atoms with Crippen molar-refractivity contribution in [3.05, 3.63) is 36.4 Å². The van der Waals surface area contributed by atoms with Gasteiger partial charge in [-0.15, -0.1) is 0 Å². The van der Waals surface area contributed by atoms with E-state index < -0.39 is 0 Å². The summed E-state index contributed by atoms with van der Waals surface area (Å²) in [7, 11) is 3.93. The SMILES string of the molecule is Cn1cnc(Cc2cn(C)cn2)c1. The van der Waals surface area contributed by atoms with Crippen LogP contribution in [0.5, 0.6) is 0 Å². The normalized spacial score (nSPS) is 10.6. The first-order valence-corrected chi connectivity index (χ1v) is 4.18. The van der Waals surface area contributed by atoms with Crippen molar-refractivity contribution in [3.63, 3.8) is 0 Å². The first-order chi connectivity index (χ1) is 6.24. The average Bonchev–Trinajstić information content (AvgIpc) is 2.62. The zero-order valence-corrected chi connectivity index (χ0v) is 7.81. The molecule has 0 aliphatic carbocycles. The van der Waals surface area contributed by atoms with Gasteiger partial charge in [0.25, 0.3) is 0 Å². The summed E-state index contributed by atoms with van der Waals surface area (Å²) < 4.78 is 3.89. The summed E-state index contributed by atoms with van der Waals surface area (Å²) in [6, 6.07) is 0. The zero-order valence-electron chi connectivity index (χ0n) is 7.81. The molecule has 13 heavy (non-hydrogen) atoms. The molecule has 2 heterocycles. The highest BCUT2D eigenvalue weighted by molar-refractivity contribution is 5.09. The molecule has 4 nitrogen and oxygen atoms in total. The third-order valence-electron chi connectivity index (χ3n) is 1.88. The molecule has 0 N–H and O–H groups in total. The minimum atomic E-state index is 0.807. The average molecular weight is 176 g/mol. The Morgan fingerprint density at radius 3 is 1.77 bits per heavy atom. The maximum absolute atomic E-state index is 4.23. The molecule has 68 valence electrons. The fourth-order valence-corrected chi connectivity index (χ4v) is 1.30. The Morgan fingerprint density at radius 1 is 1.00 bits per heavy atom. The fourth-order valence-electron chi connectivity index (χ4n) is 1.30. The quantitative estimate of drug-likeness (QED) is 0.676. The van der Waals surface area contributed by atoms with Gasteiger partial charge in [0.15, 0.2) is 0 Å². The highest BCUT2D eigenvalue weighted by atomic mass is 15.0. The molecule has 2 rings (SSSR count). The highest BCUT2D eigenvalue weighted by Gasteiger charge is 2.00. The maximum atomic E-state index is 4.23. The molecule has 0 amide bonds. The Bertz CT molecular complexity index is 361. The van der Waals surface area contributed by atoms with Crippen molar-refractivity contribution in [1.82, 2.24) is 19.1 Å². The molecular weight excluding hydrogens is 164 g/mol. The van der Waals surface area contributed by atoms with Crippen LogP contribution in [0.3, 0.4) is 0 Å². The molecule has 0 fully saturated rings. The molecule has 2 aromatic rings. The second kappa shape index (κ2) is 3.05. The van der Waals surface area contributed by atoms with Crippen molar-refractivity contribution in [3.8, 4) is 0 Å². The lowest BCUT2D eigenvalue weighted by atomic mass is 10.3. The van der Waals surface area contributed by atoms with Gasteiger partial charge >= 0.3 is 0 Å². The van der Waals surface area contributed by atoms with Crippen LogP contribution in [0.1, 0.15) is 11.4 Å². The second-order valence-electron chi connectivity index (χ2n) is 3.24. The van der Waals surface area contributed by atoms with Crippen molar-refractivity contribution in [2.24, 2.45) is 14.1 Å². The summed E-state index contributed by atoms with van der Waals surface area (Å²) >= 11 is 0. The lowest BCUT2D eigenvalue weighted by Crippen LogP contribution is -1.88. The molecule has 0 atom stereocenters. The standard InChI is InChI=1S/C9H12N4/c1-12-4-8(10-6-12)3-9-5-13(2)7-11-9/h4-7H,3H2,1-2H3. The first-order valence-electron chi connectivity index (χ1n) is 4.18. The van der Waals surface area contributed by atoms with Crippen molar-refractivity contribution in [2.45, 2.75) is 6.42 Å². The van der Waals surface area contributed by atoms with Crippen LogP contribution in [0.15, 0.2) is 25.0 Å². The second-order valence-corrected chi connectivity index (χ2v) is 3.24. The molecule has 0 saturated heterocycles. The van der Waals surface area contributed by atoms with Crippen molar-refractivity contribution in [1.29, 1.82) is 0 Å². The van der Waals surface area contributed by atoms with E-state index in [4.69, 9.17) is 0 Å². The molecule has 0 bridgehead atoms. The van der Waals surface area contributed by atoms with E-state index in [0.29, 0.717) is 0 Å². The molecular formula is C9H12N4. The number of hydrogen-bond donors (Lipinski definition) is 0. The van der Waals surface area contributed by atoms with Gasteiger partial charge in [0.2, 0.25) is 0 Å². The monoisotopic (exact) mass is 176 g/mol. The molecule has 2 aromatic heterocycles. The van der Waals surface area contributed by atoms with Crippen LogP contribution in [0.4, 0.5) is 0 Å². The van der Waals surface area contributed by atoms with Crippen LogP contribution < -0.4 is 0 Å². The summed E-state index contributed by atoms with van der Waals surface area (Å²) in [5, 5.41) is 0. The van der Waals surface area contributed by atoms with Crippen LogP contribution in [0.2, 0.25) is 0 Å². The molecule has 0 aromatic carbocycles. The Morgan fingerprint density at radius 2 is 1.46 bits per heavy atom. The summed E-state index contributed by atoms with van der Waals surface area (Å²) in [4.78, 5) is 8.47. The molecule has 0 aliphatic heterocycles. The van der Waals surface area contributed by atoms with Gasteiger partial charge in [0, 0.05) is 32.9 Å². The third kappa shape index (κ3) is 1.77. The third-order valence-corrected chi connectivity index (χ3v) is 1.88. The molecule has 0 radical (unpaired) electrons. The van der Waals surface area contributed by atoms with Crippen molar-refractivity contribution < 1.29 is 0 Å².